The zero-order chi connectivity index (χ0) is 14.2. The highest BCUT2D eigenvalue weighted by Gasteiger charge is 2.17. The highest BCUT2D eigenvalue weighted by Crippen LogP contribution is 2.16. The van der Waals surface area contributed by atoms with Gasteiger partial charge in [-0.25, -0.2) is 9.78 Å². The molecule has 0 saturated heterocycles. The average molecular weight is 263 g/mol. The van der Waals surface area contributed by atoms with Crippen LogP contribution in [0.4, 0.5) is 5.69 Å². The number of carboxylic acids is 1. The average Bonchev–Trinajstić information content (AvgIpc) is 2.38. The van der Waals surface area contributed by atoms with Crippen LogP contribution in [0.1, 0.15) is 17.3 Å². The number of carbonyl (C=O) groups is 1. The minimum Gasteiger partial charge on any atom is -0.477 e. The molecule has 0 spiro atoms. The van der Waals surface area contributed by atoms with E-state index in [-0.39, 0.29) is 16.7 Å². The third-order valence-electron chi connectivity index (χ3n) is 2.68. The van der Waals surface area contributed by atoms with Crippen LogP contribution in [-0.4, -0.2) is 25.6 Å². The smallest absolute Gasteiger partial charge is 0.341 e. The van der Waals surface area contributed by atoms with E-state index in [2.05, 4.69) is 4.98 Å². The molecule has 19 heavy (non-hydrogen) atoms. The molecule has 0 unspecified atom stereocenters. The van der Waals surface area contributed by atoms with Crippen LogP contribution in [0.25, 0.3) is 11.0 Å². The predicted molar refractivity (Wildman–Crippen MR) is 65.3 cm³/mol. The SMILES string of the molecule is CCn1cc(C(=O)O)c(=O)c2cc([N+](=O)[O-])cnc21. The number of nitrogens with zero attached hydrogens (tertiary/aromatic N) is 3. The molecule has 1 N–H and O–H groups in total. The van der Waals surface area contributed by atoms with Crippen LogP contribution in [0.15, 0.2) is 23.3 Å². The van der Waals surface area contributed by atoms with Crippen molar-refractivity contribution < 1.29 is 14.8 Å². The maximum atomic E-state index is 12.0. The second-order valence-electron chi connectivity index (χ2n) is 3.78. The number of carboxylic acid groups (broad SMARTS) is 1. The third kappa shape index (κ3) is 2.03. The first-order valence-corrected chi connectivity index (χ1v) is 5.36. The zero-order valence-electron chi connectivity index (χ0n) is 9.86. The van der Waals surface area contributed by atoms with Gasteiger partial charge in [0.1, 0.15) is 17.4 Å². The summed E-state index contributed by atoms with van der Waals surface area (Å²) in [6.07, 6.45) is 2.22. The summed E-state index contributed by atoms with van der Waals surface area (Å²) in [6, 6.07) is 1.04. The Morgan fingerprint density at radius 3 is 2.79 bits per heavy atom. The maximum Gasteiger partial charge on any atom is 0.341 e. The molecule has 0 atom stereocenters. The predicted octanol–water partition coefficient (Wildman–Crippen LogP) is 1.02. The lowest BCUT2D eigenvalue weighted by molar-refractivity contribution is -0.385. The minimum atomic E-state index is -1.37. The van der Waals surface area contributed by atoms with E-state index in [0.717, 1.165) is 12.3 Å². The number of nitro groups is 1. The van der Waals surface area contributed by atoms with Gasteiger partial charge in [-0.3, -0.25) is 14.9 Å². The molecule has 0 saturated carbocycles. The number of aryl methyl sites for hydroxylation is 1. The molecule has 0 aromatic carbocycles. The summed E-state index contributed by atoms with van der Waals surface area (Å²) in [5.41, 5.74) is -1.34. The van der Waals surface area contributed by atoms with Crippen molar-refractivity contribution in [2.24, 2.45) is 0 Å². The number of aromatic carboxylic acids is 1. The Labute approximate surface area is 106 Å². The van der Waals surface area contributed by atoms with E-state index >= 15 is 0 Å². The molecule has 2 aromatic rings. The van der Waals surface area contributed by atoms with Gasteiger partial charge in [-0.05, 0) is 6.92 Å². The third-order valence-corrected chi connectivity index (χ3v) is 2.68. The van der Waals surface area contributed by atoms with Gasteiger partial charge in [0.2, 0.25) is 5.43 Å². The highest BCUT2D eigenvalue weighted by atomic mass is 16.6. The largest absolute Gasteiger partial charge is 0.477 e. The molecule has 2 rings (SSSR count). The van der Waals surface area contributed by atoms with Crippen LogP contribution in [0.3, 0.4) is 0 Å². The molecule has 98 valence electrons. The van der Waals surface area contributed by atoms with Gasteiger partial charge in [-0.15, -0.1) is 0 Å². The normalized spacial score (nSPS) is 10.6. The molecule has 0 radical (unpaired) electrons. The van der Waals surface area contributed by atoms with Crippen molar-refractivity contribution in [3.8, 4) is 0 Å². The highest BCUT2D eigenvalue weighted by molar-refractivity contribution is 5.92. The second kappa shape index (κ2) is 4.48. The zero-order valence-corrected chi connectivity index (χ0v) is 9.86. The van der Waals surface area contributed by atoms with E-state index in [1.165, 1.54) is 10.8 Å². The van der Waals surface area contributed by atoms with E-state index in [9.17, 15) is 19.7 Å². The number of hydrogen-bond donors (Lipinski definition) is 1. The molecule has 0 amide bonds. The summed E-state index contributed by atoms with van der Waals surface area (Å²) >= 11 is 0. The molecule has 0 aliphatic rings. The van der Waals surface area contributed by atoms with Gasteiger partial charge < -0.3 is 9.67 Å². The van der Waals surface area contributed by atoms with E-state index < -0.39 is 21.9 Å². The van der Waals surface area contributed by atoms with Crippen molar-refractivity contribution in [2.75, 3.05) is 0 Å². The Morgan fingerprint density at radius 1 is 1.58 bits per heavy atom. The standard InChI is InChI=1S/C11H9N3O5/c1-2-13-5-8(11(16)17)9(15)7-3-6(14(18)19)4-12-10(7)13/h3-5H,2H2,1H3,(H,16,17). The summed E-state index contributed by atoms with van der Waals surface area (Å²) in [4.78, 5) is 36.8. The first-order chi connectivity index (χ1) is 8.95. The van der Waals surface area contributed by atoms with E-state index in [4.69, 9.17) is 5.11 Å². The van der Waals surface area contributed by atoms with Crippen molar-refractivity contribution in [1.29, 1.82) is 0 Å². The fourth-order valence-electron chi connectivity index (χ4n) is 1.76. The van der Waals surface area contributed by atoms with Crippen LogP contribution >= 0.6 is 0 Å². The van der Waals surface area contributed by atoms with Crippen molar-refractivity contribution in [3.05, 3.63) is 44.4 Å². The van der Waals surface area contributed by atoms with Crippen LogP contribution in [0.5, 0.6) is 0 Å². The van der Waals surface area contributed by atoms with E-state index in [1.54, 1.807) is 6.92 Å². The fraction of sp³-hybridized carbons (Fsp3) is 0.182. The summed E-state index contributed by atoms with van der Waals surface area (Å²) in [5.74, 6) is -1.37. The molecule has 0 aliphatic carbocycles. The number of rotatable bonds is 3. The van der Waals surface area contributed by atoms with Crippen molar-refractivity contribution in [3.63, 3.8) is 0 Å². The molecule has 0 aliphatic heterocycles. The number of fused-ring (bicyclic) bond motifs is 1. The van der Waals surface area contributed by atoms with Gasteiger partial charge in [0.25, 0.3) is 5.69 Å². The quantitative estimate of drug-likeness (QED) is 0.653. The molecule has 0 bridgehead atoms. The number of aromatic nitrogens is 2. The van der Waals surface area contributed by atoms with Gasteiger partial charge in [-0.2, -0.15) is 0 Å². The lowest BCUT2D eigenvalue weighted by Gasteiger charge is -2.08. The van der Waals surface area contributed by atoms with Gasteiger partial charge >= 0.3 is 5.97 Å². The van der Waals surface area contributed by atoms with E-state index in [0.29, 0.717) is 6.54 Å². The lowest BCUT2D eigenvalue weighted by atomic mass is 10.2. The molecule has 8 nitrogen and oxygen atoms in total. The fourth-order valence-corrected chi connectivity index (χ4v) is 1.76. The van der Waals surface area contributed by atoms with Crippen molar-refractivity contribution >= 4 is 22.7 Å². The Hall–Kier alpha value is -2.77. The Bertz CT molecular complexity index is 750. The topological polar surface area (TPSA) is 115 Å². The molecular weight excluding hydrogens is 254 g/mol. The summed E-state index contributed by atoms with van der Waals surface area (Å²) in [6.45, 7) is 2.14. The summed E-state index contributed by atoms with van der Waals surface area (Å²) in [5, 5.41) is 19.6. The van der Waals surface area contributed by atoms with Gasteiger partial charge in [0.15, 0.2) is 0 Å². The first kappa shape index (κ1) is 12.7. The molecule has 0 fully saturated rings. The van der Waals surface area contributed by atoms with Gasteiger partial charge in [0.05, 0.1) is 10.3 Å². The molecular formula is C11H9N3O5. The minimum absolute atomic E-state index is 0.0732. The van der Waals surface area contributed by atoms with Gasteiger partial charge in [-0.1, -0.05) is 0 Å². The maximum absolute atomic E-state index is 12.0. The molecule has 2 aromatic heterocycles. The summed E-state index contributed by atoms with van der Waals surface area (Å²) < 4.78 is 1.46. The van der Waals surface area contributed by atoms with Gasteiger partial charge in [0, 0.05) is 18.8 Å². The lowest BCUT2D eigenvalue weighted by Crippen LogP contribution is -2.19. The first-order valence-electron chi connectivity index (χ1n) is 5.36. The van der Waals surface area contributed by atoms with Crippen LogP contribution < -0.4 is 5.43 Å². The summed E-state index contributed by atoms with van der Waals surface area (Å²) in [7, 11) is 0. The van der Waals surface area contributed by atoms with Crippen molar-refractivity contribution in [1.82, 2.24) is 9.55 Å². The van der Waals surface area contributed by atoms with Crippen molar-refractivity contribution in [2.45, 2.75) is 13.5 Å². The van der Waals surface area contributed by atoms with Crippen LogP contribution in [0.2, 0.25) is 0 Å². The Balaban J connectivity index is 2.92. The monoisotopic (exact) mass is 263 g/mol. The second-order valence-corrected chi connectivity index (χ2v) is 3.78. The number of hydrogen-bond acceptors (Lipinski definition) is 5. The number of pyridine rings is 2. The van der Waals surface area contributed by atoms with Crippen LogP contribution in [0, 0.1) is 10.1 Å². The Morgan fingerprint density at radius 2 is 2.26 bits per heavy atom. The Kier molecular flexibility index (Phi) is 2.99. The molecule has 8 heteroatoms. The van der Waals surface area contributed by atoms with Crippen LogP contribution in [-0.2, 0) is 6.54 Å². The van der Waals surface area contributed by atoms with E-state index in [1.807, 2.05) is 0 Å². The molecule has 2 heterocycles.